The highest BCUT2D eigenvalue weighted by atomic mass is 32.1. The number of fused-ring (bicyclic) bond motifs is 1. The minimum absolute atomic E-state index is 0.196. The van der Waals surface area contributed by atoms with E-state index in [0.717, 1.165) is 22.3 Å². The maximum atomic E-state index is 11.1. The monoisotopic (exact) mass is 258 g/mol. The summed E-state index contributed by atoms with van der Waals surface area (Å²) in [5.41, 5.74) is 8.77. The molecule has 0 bridgehead atoms. The Kier molecular flexibility index (Phi) is 2.49. The van der Waals surface area contributed by atoms with E-state index in [-0.39, 0.29) is 5.69 Å². The highest BCUT2D eigenvalue weighted by Gasteiger charge is 1.98. The number of rotatable bonds is 2. The molecule has 0 spiro atoms. The third-order valence-electron chi connectivity index (χ3n) is 2.53. The first-order valence-electron chi connectivity index (χ1n) is 5.32. The van der Waals surface area contributed by atoms with Gasteiger partial charge in [-0.25, -0.2) is 9.78 Å². The van der Waals surface area contributed by atoms with E-state index in [0.29, 0.717) is 5.13 Å². The van der Waals surface area contributed by atoms with Gasteiger partial charge in [-0.1, -0.05) is 12.1 Å². The number of anilines is 1. The van der Waals surface area contributed by atoms with E-state index in [9.17, 15) is 4.79 Å². The Balaban J connectivity index is 1.94. The van der Waals surface area contributed by atoms with Gasteiger partial charge in [0.2, 0.25) is 0 Å². The number of hydrogen-bond donors (Lipinski definition) is 3. The lowest BCUT2D eigenvalue weighted by atomic mass is 10.2. The number of nitrogen functional groups attached to an aromatic ring is 1. The Labute approximate surface area is 106 Å². The molecule has 0 saturated carbocycles. The standard InChI is InChI=1S/C12H10N4OS/c13-11-14-8(6-18-11)3-1-7-2-4-9-10(5-7)16-12(17)15-9/h1-6H,(H2,13,14)(H2,15,16,17). The van der Waals surface area contributed by atoms with Crippen LogP contribution in [0.1, 0.15) is 11.3 Å². The van der Waals surface area contributed by atoms with Crippen molar-refractivity contribution in [3.63, 3.8) is 0 Å². The smallest absolute Gasteiger partial charge is 0.323 e. The minimum atomic E-state index is -0.196. The Morgan fingerprint density at radius 2 is 2.06 bits per heavy atom. The van der Waals surface area contributed by atoms with Crippen LogP contribution in [0.3, 0.4) is 0 Å². The number of aromatic nitrogens is 3. The van der Waals surface area contributed by atoms with Crippen molar-refractivity contribution in [2.45, 2.75) is 0 Å². The highest BCUT2D eigenvalue weighted by molar-refractivity contribution is 7.13. The Morgan fingerprint density at radius 1 is 1.22 bits per heavy atom. The van der Waals surface area contributed by atoms with Crippen molar-refractivity contribution in [1.29, 1.82) is 0 Å². The number of hydrogen-bond acceptors (Lipinski definition) is 4. The summed E-state index contributed by atoms with van der Waals surface area (Å²) in [7, 11) is 0. The fourth-order valence-electron chi connectivity index (χ4n) is 1.71. The van der Waals surface area contributed by atoms with E-state index in [1.807, 2.05) is 35.7 Å². The molecule has 2 heterocycles. The quantitative estimate of drug-likeness (QED) is 0.657. The molecular formula is C12H10N4OS. The number of H-pyrrole nitrogens is 2. The predicted molar refractivity (Wildman–Crippen MR) is 74.4 cm³/mol. The van der Waals surface area contributed by atoms with Crippen LogP contribution in [0.2, 0.25) is 0 Å². The lowest BCUT2D eigenvalue weighted by Gasteiger charge is -1.93. The van der Waals surface area contributed by atoms with Gasteiger partial charge in [-0.2, -0.15) is 0 Å². The summed E-state index contributed by atoms with van der Waals surface area (Å²) in [6, 6.07) is 5.69. The highest BCUT2D eigenvalue weighted by Crippen LogP contribution is 2.16. The van der Waals surface area contributed by atoms with Crippen molar-refractivity contribution in [2.75, 3.05) is 5.73 Å². The first-order valence-corrected chi connectivity index (χ1v) is 6.20. The summed E-state index contributed by atoms with van der Waals surface area (Å²) in [6.07, 6.45) is 3.82. The normalized spacial score (nSPS) is 11.6. The average Bonchev–Trinajstić information content (AvgIpc) is 2.90. The summed E-state index contributed by atoms with van der Waals surface area (Å²) >= 11 is 1.41. The number of thiazole rings is 1. The third kappa shape index (κ3) is 2.05. The van der Waals surface area contributed by atoms with Gasteiger partial charge in [0, 0.05) is 5.38 Å². The first kappa shape index (κ1) is 10.8. The van der Waals surface area contributed by atoms with Gasteiger partial charge in [-0.15, -0.1) is 11.3 Å². The maximum Gasteiger partial charge on any atom is 0.323 e. The second-order valence-electron chi connectivity index (χ2n) is 3.83. The molecule has 0 fully saturated rings. The number of imidazole rings is 1. The molecule has 90 valence electrons. The number of aromatic amines is 2. The fourth-order valence-corrected chi connectivity index (χ4v) is 2.24. The van der Waals surface area contributed by atoms with Crippen LogP contribution < -0.4 is 11.4 Å². The molecule has 0 radical (unpaired) electrons. The molecule has 5 nitrogen and oxygen atoms in total. The average molecular weight is 258 g/mol. The van der Waals surface area contributed by atoms with Gasteiger partial charge in [-0.05, 0) is 23.8 Å². The molecule has 1 aromatic carbocycles. The largest absolute Gasteiger partial charge is 0.375 e. The van der Waals surface area contributed by atoms with Crippen molar-refractivity contribution in [3.8, 4) is 0 Å². The molecule has 3 aromatic rings. The van der Waals surface area contributed by atoms with Crippen molar-refractivity contribution < 1.29 is 0 Å². The molecule has 0 unspecified atom stereocenters. The zero-order chi connectivity index (χ0) is 12.5. The van der Waals surface area contributed by atoms with Gasteiger partial charge >= 0.3 is 5.69 Å². The Hall–Kier alpha value is -2.34. The van der Waals surface area contributed by atoms with Gasteiger partial charge in [0.1, 0.15) is 0 Å². The molecular weight excluding hydrogens is 248 g/mol. The van der Waals surface area contributed by atoms with Crippen molar-refractivity contribution in [2.24, 2.45) is 0 Å². The van der Waals surface area contributed by atoms with Gasteiger partial charge in [-0.3, -0.25) is 0 Å². The number of benzene rings is 1. The summed E-state index contributed by atoms with van der Waals surface area (Å²) in [5, 5.41) is 2.45. The van der Waals surface area contributed by atoms with Gasteiger partial charge in [0.15, 0.2) is 5.13 Å². The first-order chi connectivity index (χ1) is 8.70. The number of nitrogens with one attached hydrogen (secondary N) is 2. The van der Waals surface area contributed by atoms with Crippen molar-refractivity contribution in [3.05, 3.63) is 45.3 Å². The van der Waals surface area contributed by atoms with Crippen LogP contribution in [0.4, 0.5) is 5.13 Å². The number of nitrogens with zero attached hydrogens (tertiary/aromatic N) is 1. The molecule has 2 aromatic heterocycles. The van der Waals surface area contributed by atoms with Gasteiger partial charge in [0.05, 0.1) is 16.7 Å². The van der Waals surface area contributed by atoms with E-state index in [2.05, 4.69) is 15.0 Å². The summed E-state index contributed by atoms with van der Waals surface area (Å²) < 4.78 is 0. The van der Waals surface area contributed by atoms with Crippen LogP contribution in [-0.4, -0.2) is 15.0 Å². The fraction of sp³-hybridized carbons (Fsp3) is 0. The Morgan fingerprint density at radius 3 is 2.83 bits per heavy atom. The van der Waals surface area contributed by atoms with Crippen LogP contribution in [0, 0.1) is 0 Å². The molecule has 0 aliphatic carbocycles. The zero-order valence-corrected chi connectivity index (χ0v) is 10.1. The van der Waals surface area contributed by atoms with E-state index >= 15 is 0 Å². The van der Waals surface area contributed by atoms with Gasteiger partial charge in [0.25, 0.3) is 0 Å². The van der Waals surface area contributed by atoms with E-state index in [1.165, 1.54) is 11.3 Å². The van der Waals surface area contributed by atoms with E-state index in [1.54, 1.807) is 0 Å². The molecule has 18 heavy (non-hydrogen) atoms. The van der Waals surface area contributed by atoms with Crippen molar-refractivity contribution in [1.82, 2.24) is 15.0 Å². The molecule has 0 aliphatic heterocycles. The summed E-state index contributed by atoms with van der Waals surface area (Å²) in [5.74, 6) is 0. The van der Waals surface area contributed by atoms with Crippen LogP contribution in [0.25, 0.3) is 23.2 Å². The minimum Gasteiger partial charge on any atom is -0.375 e. The molecule has 0 amide bonds. The molecule has 3 rings (SSSR count). The molecule has 0 saturated heterocycles. The second-order valence-corrected chi connectivity index (χ2v) is 4.72. The van der Waals surface area contributed by atoms with Crippen LogP contribution in [-0.2, 0) is 0 Å². The number of nitrogens with two attached hydrogens (primary N) is 1. The zero-order valence-electron chi connectivity index (χ0n) is 9.31. The SMILES string of the molecule is Nc1nc(C=Cc2ccc3[nH]c(=O)[nH]c3c2)cs1. The molecule has 6 heteroatoms. The van der Waals surface area contributed by atoms with Crippen molar-refractivity contribution >= 4 is 39.7 Å². The lowest BCUT2D eigenvalue weighted by molar-refractivity contribution is 1.21. The van der Waals surface area contributed by atoms with Gasteiger partial charge < -0.3 is 15.7 Å². The summed E-state index contributed by atoms with van der Waals surface area (Å²) in [4.78, 5) is 20.7. The molecule has 0 aliphatic rings. The molecule has 0 atom stereocenters. The van der Waals surface area contributed by atoms with Crippen LogP contribution in [0.5, 0.6) is 0 Å². The Bertz CT molecular complexity index is 781. The van der Waals surface area contributed by atoms with Crippen LogP contribution in [0.15, 0.2) is 28.4 Å². The maximum absolute atomic E-state index is 11.1. The predicted octanol–water partition coefficient (Wildman–Crippen LogP) is 2.07. The molecule has 4 N–H and O–H groups in total. The van der Waals surface area contributed by atoms with E-state index < -0.39 is 0 Å². The second kappa shape index (κ2) is 4.15. The summed E-state index contributed by atoms with van der Waals surface area (Å²) in [6.45, 7) is 0. The topological polar surface area (TPSA) is 87.6 Å². The third-order valence-corrected chi connectivity index (χ3v) is 3.22. The lowest BCUT2D eigenvalue weighted by Crippen LogP contribution is -1.99. The van der Waals surface area contributed by atoms with E-state index in [4.69, 9.17) is 5.73 Å². The van der Waals surface area contributed by atoms with Crippen LogP contribution >= 0.6 is 11.3 Å².